The van der Waals surface area contributed by atoms with E-state index in [1.54, 1.807) is 42.5 Å². The molecule has 30 heavy (non-hydrogen) atoms. The molecule has 1 amide bonds. The Morgan fingerprint density at radius 3 is 2.47 bits per heavy atom. The van der Waals surface area contributed by atoms with Crippen molar-refractivity contribution in [1.82, 2.24) is 10.0 Å². The van der Waals surface area contributed by atoms with E-state index in [-0.39, 0.29) is 29.8 Å². The number of carbonyl (C=O) groups is 1. The van der Waals surface area contributed by atoms with Crippen molar-refractivity contribution in [3.63, 3.8) is 0 Å². The molecule has 0 saturated heterocycles. The van der Waals surface area contributed by atoms with Crippen molar-refractivity contribution < 1.29 is 13.2 Å². The number of nitrogens with one attached hydrogen (secondary N) is 2. The van der Waals surface area contributed by atoms with Gasteiger partial charge < -0.3 is 5.32 Å². The van der Waals surface area contributed by atoms with Gasteiger partial charge in [-0.3, -0.25) is 4.79 Å². The molecular weight excluding hydrogens is 440 g/mol. The van der Waals surface area contributed by atoms with E-state index < -0.39 is 10.0 Å². The van der Waals surface area contributed by atoms with Gasteiger partial charge in [0, 0.05) is 18.0 Å². The number of hydrogen-bond acceptors (Lipinski definition) is 4. The maximum Gasteiger partial charge on any atom is 0.240 e. The summed E-state index contributed by atoms with van der Waals surface area (Å²) in [7, 11) is -3.68. The Bertz CT molecular complexity index is 1110. The van der Waals surface area contributed by atoms with Gasteiger partial charge in [0.15, 0.2) is 0 Å². The summed E-state index contributed by atoms with van der Waals surface area (Å²) < 4.78 is 27.7. The number of hydrogen-bond donors (Lipinski definition) is 2. The second kappa shape index (κ2) is 9.75. The molecule has 0 fully saturated rings. The number of benzene rings is 2. The summed E-state index contributed by atoms with van der Waals surface area (Å²) in [6.45, 7) is 3.60. The number of halogens is 1. The summed E-state index contributed by atoms with van der Waals surface area (Å²) in [6.07, 6.45) is 0.0261. The number of aryl methyl sites for hydroxylation is 2. The van der Waals surface area contributed by atoms with Crippen LogP contribution in [0, 0.1) is 13.8 Å². The van der Waals surface area contributed by atoms with Crippen molar-refractivity contribution in [1.29, 1.82) is 0 Å². The predicted octanol–water partition coefficient (Wildman–Crippen LogP) is 4.59. The van der Waals surface area contributed by atoms with Gasteiger partial charge in [-0.25, -0.2) is 13.1 Å². The fraction of sp³-hybridized carbons (Fsp3) is 0.227. The molecule has 0 spiro atoms. The Labute approximate surface area is 186 Å². The monoisotopic (exact) mass is 462 g/mol. The van der Waals surface area contributed by atoms with Gasteiger partial charge in [0.1, 0.15) is 0 Å². The molecule has 1 unspecified atom stereocenters. The van der Waals surface area contributed by atoms with E-state index >= 15 is 0 Å². The van der Waals surface area contributed by atoms with E-state index in [1.807, 2.05) is 41.9 Å². The maximum absolute atomic E-state index is 12.6. The summed E-state index contributed by atoms with van der Waals surface area (Å²) in [5.74, 6) is -0.246. The molecule has 0 bridgehead atoms. The summed E-state index contributed by atoms with van der Waals surface area (Å²) in [6, 6.07) is 14.2. The number of carbonyl (C=O) groups excluding carboxylic acids is 1. The number of amides is 1. The minimum absolute atomic E-state index is 0.0124. The van der Waals surface area contributed by atoms with Crippen LogP contribution in [0.5, 0.6) is 0 Å². The Morgan fingerprint density at radius 2 is 1.80 bits per heavy atom. The Morgan fingerprint density at radius 1 is 1.07 bits per heavy atom. The molecule has 0 aliphatic carbocycles. The van der Waals surface area contributed by atoms with Crippen LogP contribution in [0.3, 0.4) is 0 Å². The van der Waals surface area contributed by atoms with Crippen molar-refractivity contribution in [2.24, 2.45) is 0 Å². The molecule has 1 aromatic heterocycles. The van der Waals surface area contributed by atoms with Crippen LogP contribution in [0.15, 0.2) is 64.2 Å². The zero-order valence-electron chi connectivity index (χ0n) is 16.7. The molecule has 1 atom stereocenters. The second-order valence-electron chi connectivity index (χ2n) is 7.03. The topological polar surface area (TPSA) is 75.3 Å². The smallest absolute Gasteiger partial charge is 0.240 e. The van der Waals surface area contributed by atoms with Crippen molar-refractivity contribution in [2.45, 2.75) is 31.2 Å². The zero-order valence-corrected chi connectivity index (χ0v) is 19.1. The van der Waals surface area contributed by atoms with Crippen LogP contribution in [0.1, 0.15) is 34.7 Å². The first-order valence-corrected chi connectivity index (χ1v) is 12.2. The maximum atomic E-state index is 12.6. The zero-order chi connectivity index (χ0) is 21.7. The van der Waals surface area contributed by atoms with Crippen LogP contribution in [-0.2, 0) is 14.8 Å². The number of sulfonamides is 1. The minimum Gasteiger partial charge on any atom is -0.345 e. The fourth-order valence-corrected chi connectivity index (χ4v) is 5.23. The van der Waals surface area contributed by atoms with E-state index in [0.29, 0.717) is 10.6 Å². The molecule has 3 aromatic rings. The highest BCUT2D eigenvalue weighted by molar-refractivity contribution is 7.89. The lowest BCUT2D eigenvalue weighted by atomic mass is 10.0. The Balaban J connectivity index is 1.65. The lowest BCUT2D eigenvalue weighted by Crippen LogP contribution is -2.33. The van der Waals surface area contributed by atoms with Gasteiger partial charge in [0.05, 0.1) is 10.9 Å². The largest absolute Gasteiger partial charge is 0.345 e. The van der Waals surface area contributed by atoms with Gasteiger partial charge in [0.25, 0.3) is 0 Å². The molecule has 0 aliphatic heterocycles. The van der Waals surface area contributed by atoms with Crippen molar-refractivity contribution in [2.75, 3.05) is 6.54 Å². The van der Waals surface area contributed by atoms with Gasteiger partial charge in [-0.05, 0) is 71.1 Å². The van der Waals surface area contributed by atoms with Crippen LogP contribution in [0.4, 0.5) is 0 Å². The molecule has 0 saturated carbocycles. The highest BCUT2D eigenvalue weighted by Crippen LogP contribution is 2.25. The lowest BCUT2D eigenvalue weighted by Gasteiger charge is -2.19. The number of thiophene rings is 1. The SMILES string of the molecule is Cc1ccc(C)c(S(=O)(=O)NCCC(=O)NC(c2ccc(Cl)cc2)c2ccsc2)c1. The van der Waals surface area contributed by atoms with Crippen molar-refractivity contribution in [3.8, 4) is 0 Å². The first-order chi connectivity index (χ1) is 14.3. The summed E-state index contributed by atoms with van der Waals surface area (Å²) >= 11 is 7.52. The number of rotatable bonds is 8. The normalized spacial score (nSPS) is 12.5. The van der Waals surface area contributed by atoms with Crippen LogP contribution in [0.2, 0.25) is 5.02 Å². The van der Waals surface area contributed by atoms with E-state index in [9.17, 15) is 13.2 Å². The average molecular weight is 463 g/mol. The van der Waals surface area contributed by atoms with Gasteiger partial charge in [-0.1, -0.05) is 35.9 Å². The first-order valence-electron chi connectivity index (χ1n) is 9.40. The standard InChI is InChI=1S/C22H23ClN2O3S2/c1-15-3-4-16(2)20(13-15)30(27,28)24-11-9-21(26)25-22(18-10-12-29-14-18)17-5-7-19(23)8-6-17/h3-8,10,12-14,22,24H,9,11H2,1-2H3,(H,25,26). The van der Waals surface area contributed by atoms with E-state index in [2.05, 4.69) is 10.0 Å². The highest BCUT2D eigenvalue weighted by Gasteiger charge is 2.20. The molecule has 3 rings (SSSR count). The minimum atomic E-state index is -3.68. The second-order valence-corrected chi connectivity index (χ2v) is 9.98. The van der Waals surface area contributed by atoms with Gasteiger partial charge in [0.2, 0.25) is 15.9 Å². The van der Waals surface area contributed by atoms with E-state index in [1.165, 1.54) is 0 Å². The molecular formula is C22H23ClN2O3S2. The van der Waals surface area contributed by atoms with Gasteiger partial charge in [-0.2, -0.15) is 11.3 Å². The third kappa shape index (κ3) is 5.70. The molecule has 158 valence electrons. The highest BCUT2D eigenvalue weighted by atomic mass is 35.5. The van der Waals surface area contributed by atoms with Crippen LogP contribution < -0.4 is 10.0 Å². The van der Waals surface area contributed by atoms with Gasteiger partial charge >= 0.3 is 0 Å². The third-order valence-corrected chi connectivity index (χ3v) is 7.22. The molecule has 8 heteroatoms. The molecule has 2 N–H and O–H groups in total. The van der Waals surface area contributed by atoms with Crippen molar-refractivity contribution in [3.05, 3.63) is 86.6 Å². The summed E-state index contributed by atoms with van der Waals surface area (Å²) in [5, 5.41) is 7.53. The Kier molecular flexibility index (Phi) is 7.31. The average Bonchev–Trinajstić information content (AvgIpc) is 3.23. The summed E-state index contributed by atoms with van der Waals surface area (Å²) in [4.78, 5) is 12.8. The quantitative estimate of drug-likeness (QED) is 0.514. The van der Waals surface area contributed by atoms with Crippen LogP contribution in [-0.4, -0.2) is 20.9 Å². The molecule has 0 radical (unpaired) electrons. The van der Waals surface area contributed by atoms with Crippen LogP contribution in [0.25, 0.3) is 0 Å². The molecule has 0 aliphatic rings. The van der Waals surface area contributed by atoms with E-state index in [4.69, 9.17) is 11.6 Å². The Hall–Kier alpha value is -2.19. The predicted molar refractivity (Wildman–Crippen MR) is 121 cm³/mol. The fourth-order valence-electron chi connectivity index (χ4n) is 3.06. The molecule has 5 nitrogen and oxygen atoms in total. The van der Waals surface area contributed by atoms with Gasteiger partial charge in [-0.15, -0.1) is 0 Å². The van der Waals surface area contributed by atoms with Crippen LogP contribution >= 0.6 is 22.9 Å². The third-order valence-electron chi connectivity index (χ3n) is 4.66. The lowest BCUT2D eigenvalue weighted by molar-refractivity contribution is -0.121. The first kappa shape index (κ1) is 22.5. The molecule has 2 aromatic carbocycles. The van der Waals surface area contributed by atoms with Crippen molar-refractivity contribution >= 4 is 38.9 Å². The molecule has 1 heterocycles. The summed E-state index contributed by atoms with van der Waals surface area (Å²) in [5.41, 5.74) is 3.40. The van der Waals surface area contributed by atoms with E-state index in [0.717, 1.165) is 16.7 Å².